The van der Waals surface area contributed by atoms with E-state index in [-0.39, 0.29) is 36.7 Å². The lowest BCUT2D eigenvalue weighted by molar-refractivity contribution is -0.160. The quantitative estimate of drug-likeness (QED) is 0.791. The molecule has 0 unspecified atom stereocenters. The van der Waals surface area contributed by atoms with Crippen LogP contribution in [0.15, 0.2) is 0 Å². The number of rotatable bonds is 5. The van der Waals surface area contributed by atoms with Crippen molar-refractivity contribution in [3.8, 4) is 0 Å². The maximum Gasteiger partial charge on any atom is 0.307 e. The van der Waals surface area contributed by atoms with E-state index in [4.69, 9.17) is 14.2 Å². The van der Waals surface area contributed by atoms with Gasteiger partial charge in [0.25, 0.3) is 0 Å². The van der Waals surface area contributed by atoms with E-state index in [0.717, 1.165) is 0 Å². The Morgan fingerprint density at radius 1 is 1.29 bits per heavy atom. The van der Waals surface area contributed by atoms with Crippen molar-refractivity contribution in [2.45, 2.75) is 97.5 Å². The van der Waals surface area contributed by atoms with Crippen LogP contribution in [-0.2, 0) is 19.0 Å². The summed E-state index contributed by atoms with van der Waals surface area (Å²) >= 11 is 0. The van der Waals surface area contributed by atoms with E-state index in [1.54, 1.807) is 0 Å². The lowest BCUT2D eigenvalue weighted by atomic mass is 10.0. The summed E-state index contributed by atoms with van der Waals surface area (Å²) in [5.41, 5.74) is -0.475. The van der Waals surface area contributed by atoms with Gasteiger partial charge in [-0.05, 0) is 41.5 Å². The van der Waals surface area contributed by atoms with Crippen molar-refractivity contribution < 1.29 is 19.0 Å². The highest BCUT2D eigenvalue weighted by molar-refractivity contribution is 5.70. The Bertz CT molecular complexity index is 360. The highest BCUT2D eigenvalue weighted by Crippen LogP contribution is 2.31. The van der Waals surface area contributed by atoms with Crippen LogP contribution in [0.3, 0.4) is 0 Å². The Labute approximate surface area is 128 Å². The fraction of sp³-hybridized carbons (Fsp3) is 0.938. The zero-order chi connectivity index (χ0) is 16.4. The molecule has 0 aromatic heterocycles. The number of nitrogens with one attached hydrogen (secondary N) is 1. The van der Waals surface area contributed by atoms with Crippen LogP contribution < -0.4 is 5.32 Å². The molecule has 0 amide bonds. The van der Waals surface area contributed by atoms with Gasteiger partial charge in [-0.2, -0.15) is 0 Å². The third kappa shape index (κ3) is 6.32. The third-order valence-corrected chi connectivity index (χ3v) is 3.10. The Kier molecular flexibility index (Phi) is 5.81. The molecular weight excluding hydrogens is 270 g/mol. The van der Waals surface area contributed by atoms with Crippen molar-refractivity contribution in [1.82, 2.24) is 5.32 Å². The number of hydrogen-bond donors (Lipinski definition) is 1. The van der Waals surface area contributed by atoms with Crippen LogP contribution in [0.1, 0.15) is 61.8 Å². The molecule has 124 valence electrons. The summed E-state index contributed by atoms with van der Waals surface area (Å²) in [6, 6.07) is 0.119. The first-order valence-corrected chi connectivity index (χ1v) is 7.73. The summed E-state index contributed by atoms with van der Waals surface area (Å²) in [5.74, 6) is -0.837. The summed E-state index contributed by atoms with van der Waals surface area (Å²) < 4.78 is 17.2. The second-order valence-electron chi connectivity index (χ2n) is 7.52. The smallest absolute Gasteiger partial charge is 0.307 e. The number of hydrogen-bond acceptors (Lipinski definition) is 5. The maximum atomic E-state index is 12.1. The molecule has 3 atom stereocenters. The molecule has 1 fully saturated rings. The average molecular weight is 301 g/mol. The first-order chi connectivity index (χ1) is 9.39. The summed E-state index contributed by atoms with van der Waals surface area (Å²) in [5, 5.41) is 3.40. The third-order valence-electron chi connectivity index (χ3n) is 3.10. The van der Waals surface area contributed by atoms with Crippen LogP contribution in [0.25, 0.3) is 0 Å². The fourth-order valence-electron chi connectivity index (χ4n) is 2.64. The number of ether oxygens (including phenoxy) is 3. The average Bonchev–Trinajstić information content (AvgIpc) is 2.47. The first-order valence-electron chi connectivity index (χ1n) is 7.73. The fourth-order valence-corrected chi connectivity index (χ4v) is 2.64. The van der Waals surface area contributed by atoms with Crippen molar-refractivity contribution in [2.24, 2.45) is 0 Å². The molecule has 0 aromatic carbocycles. The summed E-state index contributed by atoms with van der Waals surface area (Å²) in [6.07, 6.45) is 0.0257. The second-order valence-corrected chi connectivity index (χ2v) is 7.52. The van der Waals surface area contributed by atoms with Gasteiger partial charge in [0, 0.05) is 12.1 Å². The van der Waals surface area contributed by atoms with E-state index in [2.05, 4.69) is 5.32 Å². The SMILES string of the molecule is CC(C)N[C@H](CC(=O)OC(C)(C)C)[C@H]1OC(C)(C)O[C@H]1C. The molecule has 1 saturated heterocycles. The molecule has 0 aliphatic carbocycles. The van der Waals surface area contributed by atoms with E-state index in [0.29, 0.717) is 0 Å². The van der Waals surface area contributed by atoms with Crippen LogP contribution in [0.2, 0.25) is 0 Å². The van der Waals surface area contributed by atoms with Gasteiger partial charge in [0.15, 0.2) is 5.79 Å². The van der Waals surface area contributed by atoms with E-state index >= 15 is 0 Å². The number of carbonyl (C=O) groups excluding carboxylic acids is 1. The molecule has 1 heterocycles. The highest BCUT2D eigenvalue weighted by Gasteiger charge is 2.43. The van der Waals surface area contributed by atoms with E-state index < -0.39 is 11.4 Å². The largest absolute Gasteiger partial charge is 0.460 e. The van der Waals surface area contributed by atoms with Gasteiger partial charge >= 0.3 is 5.97 Å². The molecule has 1 rings (SSSR count). The lowest BCUT2D eigenvalue weighted by Gasteiger charge is -2.29. The molecule has 0 radical (unpaired) electrons. The van der Waals surface area contributed by atoms with Gasteiger partial charge in [-0.15, -0.1) is 0 Å². The Morgan fingerprint density at radius 2 is 1.86 bits per heavy atom. The zero-order valence-corrected chi connectivity index (χ0v) is 14.6. The van der Waals surface area contributed by atoms with E-state index in [9.17, 15) is 4.79 Å². The molecule has 1 aliphatic rings. The van der Waals surface area contributed by atoms with Crippen LogP contribution in [-0.4, -0.2) is 41.6 Å². The minimum absolute atomic E-state index is 0.0707. The molecule has 0 bridgehead atoms. The van der Waals surface area contributed by atoms with Gasteiger partial charge in [0.1, 0.15) is 11.7 Å². The van der Waals surface area contributed by atoms with Crippen LogP contribution in [0.5, 0.6) is 0 Å². The zero-order valence-electron chi connectivity index (χ0n) is 14.6. The summed E-state index contributed by atoms with van der Waals surface area (Å²) in [7, 11) is 0. The number of carbonyl (C=O) groups is 1. The normalized spacial score (nSPS) is 26.9. The molecule has 1 N–H and O–H groups in total. The van der Waals surface area contributed by atoms with E-state index in [1.165, 1.54) is 0 Å². The molecule has 0 aromatic rings. The van der Waals surface area contributed by atoms with Crippen molar-refractivity contribution >= 4 is 5.97 Å². The van der Waals surface area contributed by atoms with Crippen LogP contribution >= 0.6 is 0 Å². The molecule has 0 saturated carbocycles. The van der Waals surface area contributed by atoms with Crippen molar-refractivity contribution in [3.63, 3.8) is 0 Å². The van der Waals surface area contributed by atoms with Gasteiger partial charge < -0.3 is 19.5 Å². The Hall–Kier alpha value is -0.650. The van der Waals surface area contributed by atoms with Crippen LogP contribution in [0.4, 0.5) is 0 Å². The molecule has 0 spiro atoms. The minimum atomic E-state index is -0.616. The van der Waals surface area contributed by atoms with Gasteiger partial charge in [0.2, 0.25) is 0 Å². The van der Waals surface area contributed by atoms with Gasteiger partial charge in [0.05, 0.1) is 12.5 Å². The molecule has 1 aliphatic heterocycles. The van der Waals surface area contributed by atoms with Crippen molar-refractivity contribution in [2.75, 3.05) is 0 Å². The predicted molar refractivity (Wildman–Crippen MR) is 82.0 cm³/mol. The minimum Gasteiger partial charge on any atom is -0.460 e. The van der Waals surface area contributed by atoms with Crippen LogP contribution in [0, 0.1) is 0 Å². The Balaban J connectivity index is 2.75. The monoisotopic (exact) mass is 301 g/mol. The highest BCUT2D eigenvalue weighted by atomic mass is 16.8. The predicted octanol–water partition coefficient (Wildman–Crippen LogP) is 2.62. The molecule has 5 heteroatoms. The maximum absolute atomic E-state index is 12.1. The van der Waals surface area contributed by atoms with Crippen molar-refractivity contribution in [1.29, 1.82) is 0 Å². The molecule has 5 nitrogen and oxygen atoms in total. The summed E-state index contributed by atoms with van der Waals surface area (Å²) in [6.45, 7) is 15.5. The van der Waals surface area contributed by atoms with Crippen molar-refractivity contribution in [3.05, 3.63) is 0 Å². The standard InChI is InChI=1S/C16H31NO4/c1-10(2)17-12(9-13(18)20-15(4,5)6)14-11(3)19-16(7,8)21-14/h10-12,14,17H,9H2,1-8H3/t11-,12+,14-/m0/s1. The number of esters is 1. The summed E-state index contributed by atoms with van der Waals surface area (Å²) in [4.78, 5) is 12.1. The Morgan fingerprint density at radius 3 is 2.24 bits per heavy atom. The lowest BCUT2D eigenvalue weighted by Crippen LogP contribution is -2.49. The molecular formula is C16H31NO4. The van der Waals surface area contributed by atoms with Gasteiger partial charge in [-0.25, -0.2) is 0 Å². The molecule has 21 heavy (non-hydrogen) atoms. The topological polar surface area (TPSA) is 56.8 Å². The first kappa shape index (κ1) is 18.4. The van der Waals surface area contributed by atoms with Gasteiger partial charge in [-0.3, -0.25) is 4.79 Å². The van der Waals surface area contributed by atoms with Gasteiger partial charge in [-0.1, -0.05) is 13.8 Å². The van der Waals surface area contributed by atoms with E-state index in [1.807, 2.05) is 55.4 Å². The second kappa shape index (κ2) is 6.63.